The standard InChI is InChI=1S/C16H24BrNO/c1-12-6-4-3-5-7-15(12)18-11-13-8-9-16(19-2)14(17)10-13/h8-10,12,15,18H,3-7,11H2,1-2H3. The van der Waals surface area contributed by atoms with Crippen LogP contribution in [0.2, 0.25) is 0 Å². The van der Waals surface area contributed by atoms with E-state index in [9.17, 15) is 0 Å². The van der Waals surface area contributed by atoms with E-state index in [0.717, 1.165) is 22.7 Å². The number of ether oxygens (including phenoxy) is 1. The third kappa shape index (κ3) is 4.22. The summed E-state index contributed by atoms with van der Waals surface area (Å²) in [7, 11) is 1.70. The third-order valence-corrected chi connectivity index (χ3v) is 4.77. The fourth-order valence-electron chi connectivity index (χ4n) is 2.87. The maximum Gasteiger partial charge on any atom is 0.133 e. The topological polar surface area (TPSA) is 21.3 Å². The molecule has 19 heavy (non-hydrogen) atoms. The van der Waals surface area contributed by atoms with Crippen molar-refractivity contribution >= 4 is 15.9 Å². The van der Waals surface area contributed by atoms with E-state index in [0.29, 0.717) is 6.04 Å². The molecule has 1 aliphatic rings. The molecule has 1 aromatic carbocycles. The Balaban J connectivity index is 1.92. The van der Waals surface area contributed by atoms with Gasteiger partial charge in [0.25, 0.3) is 0 Å². The number of rotatable bonds is 4. The Kier molecular flexibility index (Phi) is 5.71. The highest BCUT2D eigenvalue weighted by Gasteiger charge is 2.19. The maximum atomic E-state index is 5.26. The number of methoxy groups -OCH3 is 1. The first-order chi connectivity index (χ1) is 9.20. The predicted molar refractivity (Wildman–Crippen MR) is 83.6 cm³/mol. The van der Waals surface area contributed by atoms with Crippen molar-refractivity contribution in [2.45, 2.75) is 51.6 Å². The number of halogens is 1. The Morgan fingerprint density at radius 1 is 1.26 bits per heavy atom. The van der Waals surface area contributed by atoms with Gasteiger partial charge in [-0.2, -0.15) is 0 Å². The monoisotopic (exact) mass is 325 g/mol. The van der Waals surface area contributed by atoms with Crippen LogP contribution in [0.3, 0.4) is 0 Å². The van der Waals surface area contributed by atoms with Crippen LogP contribution in [0.15, 0.2) is 22.7 Å². The highest BCUT2D eigenvalue weighted by atomic mass is 79.9. The lowest BCUT2D eigenvalue weighted by atomic mass is 9.97. The highest BCUT2D eigenvalue weighted by Crippen LogP contribution is 2.26. The highest BCUT2D eigenvalue weighted by molar-refractivity contribution is 9.10. The van der Waals surface area contributed by atoms with Crippen LogP contribution in [0.1, 0.15) is 44.6 Å². The van der Waals surface area contributed by atoms with E-state index in [1.807, 2.05) is 6.07 Å². The molecule has 2 atom stereocenters. The van der Waals surface area contributed by atoms with Crippen LogP contribution in [0, 0.1) is 5.92 Å². The summed E-state index contributed by atoms with van der Waals surface area (Å²) in [6.07, 6.45) is 6.85. The Hall–Kier alpha value is -0.540. The predicted octanol–water partition coefficient (Wildman–Crippen LogP) is 4.52. The van der Waals surface area contributed by atoms with Crippen molar-refractivity contribution in [3.8, 4) is 5.75 Å². The molecule has 2 unspecified atom stereocenters. The zero-order valence-electron chi connectivity index (χ0n) is 11.9. The van der Waals surface area contributed by atoms with Gasteiger partial charge in [0, 0.05) is 12.6 Å². The molecule has 0 aromatic heterocycles. The van der Waals surface area contributed by atoms with Gasteiger partial charge in [0.05, 0.1) is 11.6 Å². The largest absolute Gasteiger partial charge is 0.496 e. The van der Waals surface area contributed by atoms with Crippen molar-refractivity contribution in [1.29, 1.82) is 0 Å². The van der Waals surface area contributed by atoms with Crippen LogP contribution in [0.4, 0.5) is 0 Å². The second kappa shape index (κ2) is 7.30. The molecule has 2 rings (SSSR count). The first kappa shape index (κ1) is 14.9. The smallest absolute Gasteiger partial charge is 0.133 e. The van der Waals surface area contributed by atoms with Gasteiger partial charge in [-0.25, -0.2) is 0 Å². The molecular formula is C16H24BrNO. The van der Waals surface area contributed by atoms with Gasteiger partial charge in [-0.3, -0.25) is 0 Å². The van der Waals surface area contributed by atoms with Crippen molar-refractivity contribution in [2.75, 3.05) is 7.11 Å². The molecule has 0 aliphatic heterocycles. The molecule has 3 heteroatoms. The lowest BCUT2D eigenvalue weighted by Gasteiger charge is -2.23. The van der Waals surface area contributed by atoms with Crippen molar-refractivity contribution in [3.63, 3.8) is 0 Å². The number of nitrogens with one attached hydrogen (secondary N) is 1. The van der Waals surface area contributed by atoms with Crippen LogP contribution in [0.25, 0.3) is 0 Å². The van der Waals surface area contributed by atoms with Crippen molar-refractivity contribution in [2.24, 2.45) is 5.92 Å². The van der Waals surface area contributed by atoms with Gasteiger partial charge in [-0.15, -0.1) is 0 Å². The summed E-state index contributed by atoms with van der Waals surface area (Å²) < 4.78 is 6.29. The summed E-state index contributed by atoms with van der Waals surface area (Å²) >= 11 is 3.54. The number of benzene rings is 1. The van der Waals surface area contributed by atoms with E-state index in [-0.39, 0.29) is 0 Å². The first-order valence-corrected chi connectivity index (χ1v) is 8.06. The van der Waals surface area contributed by atoms with Gasteiger partial charge in [0.2, 0.25) is 0 Å². The summed E-state index contributed by atoms with van der Waals surface area (Å²) in [6, 6.07) is 6.98. The molecule has 1 aromatic rings. The van der Waals surface area contributed by atoms with E-state index < -0.39 is 0 Å². The summed E-state index contributed by atoms with van der Waals surface area (Å²) in [5.41, 5.74) is 1.31. The lowest BCUT2D eigenvalue weighted by molar-refractivity contribution is 0.356. The minimum absolute atomic E-state index is 0.670. The minimum atomic E-state index is 0.670. The molecule has 1 fully saturated rings. The molecule has 1 saturated carbocycles. The molecule has 106 valence electrons. The van der Waals surface area contributed by atoms with E-state index in [1.54, 1.807) is 7.11 Å². The molecule has 0 radical (unpaired) electrons. The second-order valence-electron chi connectivity index (χ2n) is 5.57. The molecule has 1 aliphatic carbocycles. The lowest BCUT2D eigenvalue weighted by Crippen LogP contribution is -2.33. The van der Waals surface area contributed by atoms with Gasteiger partial charge < -0.3 is 10.1 Å². The van der Waals surface area contributed by atoms with Gasteiger partial charge in [-0.1, -0.05) is 32.3 Å². The van der Waals surface area contributed by atoms with Crippen LogP contribution >= 0.6 is 15.9 Å². The SMILES string of the molecule is COc1ccc(CNC2CCCCCC2C)cc1Br. The van der Waals surface area contributed by atoms with Crippen LogP contribution in [-0.4, -0.2) is 13.2 Å². The van der Waals surface area contributed by atoms with Gasteiger partial charge in [-0.05, 0) is 52.4 Å². The second-order valence-corrected chi connectivity index (χ2v) is 6.43. The zero-order valence-corrected chi connectivity index (χ0v) is 13.5. The van der Waals surface area contributed by atoms with Crippen LogP contribution in [-0.2, 0) is 6.54 Å². The first-order valence-electron chi connectivity index (χ1n) is 7.26. The summed E-state index contributed by atoms with van der Waals surface area (Å²) in [4.78, 5) is 0. The average Bonchev–Trinajstić information content (AvgIpc) is 2.61. The van der Waals surface area contributed by atoms with Crippen molar-refractivity contribution < 1.29 is 4.74 Å². The van der Waals surface area contributed by atoms with Gasteiger partial charge >= 0.3 is 0 Å². The third-order valence-electron chi connectivity index (χ3n) is 4.15. The molecule has 2 nitrogen and oxygen atoms in total. The average molecular weight is 326 g/mol. The van der Waals surface area contributed by atoms with E-state index >= 15 is 0 Å². The molecular weight excluding hydrogens is 302 g/mol. The van der Waals surface area contributed by atoms with E-state index in [1.165, 1.54) is 37.7 Å². The number of hydrogen-bond acceptors (Lipinski definition) is 2. The quantitative estimate of drug-likeness (QED) is 0.822. The normalized spacial score (nSPS) is 23.9. The Morgan fingerprint density at radius 2 is 2.05 bits per heavy atom. The van der Waals surface area contributed by atoms with Crippen LogP contribution < -0.4 is 10.1 Å². The van der Waals surface area contributed by atoms with Crippen molar-refractivity contribution in [1.82, 2.24) is 5.32 Å². The summed E-state index contributed by atoms with van der Waals surface area (Å²) in [5, 5.41) is 3.73. The Labute approximate surface area is 125 Å². The molecule has 0 saturated heterocycles. The van der Waals surface area contributed by atoms with Crippen LogP contribution in [0.5, 0.6) is 5.75 Å². The fourth-order valence-corrected chi connectivity index (χ4v) is 3.45. The Morgan fingerprint density at radius 3 is 2.79 bits per heavy atom. The molecule has 0 heterocycles. The molecule has 0 amide bonds. The fraction of sp³-hybridized carbons (Fsp3) is 0.625. The molecule has 0 spiro atoms. The van der Waals surface area contributed by atoms with Gasteiger partial charge in [0.15, 0.2) is 0 Å². The zero-order chi connectivity index (χ0) is 13.7. The Bertz CT molecular complexity index is 408. The minimum Gasteiger partial charge on any atom is -0.496 e. The van der Waals surface area contributed by atoms with E-state index in [2.05, 4.69) is 40.3 Å². The summed E-state index contributed by atoms with van der Waals surface area (Å²) in [5.74, 6) is 1.69. The number of hydrogen-bond donors (Lipinski definition) is 1. The van der Waals surface area contributed by atoms with Crippen molar-refractivity contribution in [3.05, 3.63) is 28.2 Å². The molecule has 1 N–H and O–H groups in total. The molecule has 0 bridgehead atoms. The van der Waals surface area contributed by atoms with E-state index in [4.69, 9.17) is 4.74 Å². The maximum absolute atomic E-state index is 5.26. The van der Waals surface area contributed by atoms with Gasteiger partial charge in [0.1, 0.15) is 5.75 Å². The summed E-state index contributed by atoms with van der Waals surface area (Å²) in [6.45, 7) is 3.32.